The molecular formula is C29H31N3O4. The van der Waals surface area contributed by atoms with Crippen molar-refractivity contribution in [1.82, 2.24) is 15.3 Å². The molecule has 0 bridgehead atoms. The van der Waals surface area contributed by atoms with E-state index in [4.69, 9.17) is 14.2 Å². The first kappa shape index (κ1) is 25.1. The van der Waals surface area contributed by atoms with E-state index in [0.29, 0.717) is 12.4 Å². The van der Waals surface area contributed by atoms with Gasteiger partial charge >= 0.3 is 6.09 Å². The molecule has 0 fully saturated rings. The molecule has 2 aromatic carbocycles. The van der Waals surface area contributed by atoms with Gasteiger partial charge in [-0.15, -0.1) is 0 Å². The van der Waals surface area contributed by atoms with Crippen molar-refractivity contribution in [1.29, 1.82) is 0 Å². The first-order valence-electron chi connectivity index (χ1n) is 11.9. The van der Waals surface area contributed by atoms with E-state index < -0.39 is 17.7 Å². The van der Waals surface area contributed by atoms with Crippen molar-refractivity contribution in [2.45, 2.75) is 39.0 Å². The Labute approximate surface area is 211 Å². The quantitative estimate of drug-likeness (QED) is 0.323. The fourth-order valence-electron chi connectivity index (χ4n) is 3.61. The van der Waals surface area contributed by atoms with Crippen molar-refractivity contribution >= 4 is 16.9 Å². The Hall–Kier alpha value is -3.97. The van der Waals surface area contributed by atoms with Crippen LogP contribution in [0.3, 0.4) is 0 Å². The highest BCUT2D eigenvalue weighted by Gasteiger charge is 2.20. The van der Waals surface area contributed by atoms with Crippen LogP contribution in [0.4, 0.5) is 4.79 Å². The van der Waals surface area contributed by atoms with Gasteiger partial charge in [-0.2, -0.15) is 0 Å². The molecular weight excluding hydrogens is 454 g/mol. The summed E-state index contributed by atoms with van der Waals surface area (Å²) in [5, 5.41) is 5.04. The van der Waals surface area contributed by atoms with Crippen LogP contribution in [0.5, 0.6) is 5.75 Å². The molecule has 4 rings (SSSR count). The maximum absolute atomic E-state index is 12.4. The number of benzene rings is 2. The van der Waals surface area contributed by atoms with E-state index >= 15 is 0 Å². The second kappa shape index (κ2) is 11.6. The lowest BCUT2D eigenvalue weighted by Gasteiger charge is -2.24. The summed E-state index contributed by atoms with van der Waals surface area (Å²) in [5.74, 6) is 0.598. The van der Waals surface area contributed by atoms with Crippen molar-refractivity contribution in [2.24, 2.45) is 0 Å². The minimum Gasteiger partial charge on any atom is -0.490 e. The molecule has 2 aromatic heterocycles. The Bertz CT molecular complexity index is 1290. The first-order valence-corrected chi connectivity index (χ1v) is 11.9. The number of carbonyl (C=O) groups excluding carboxylic acids is 1. The number of ether oxygens (including phenoxy) is 3. The lowest BCUT2D eigenvalue weighted by molar-refractivity contribution is 0.0381. The number of aromatic nitrogens is 2. The Morgan fingerprint density at radius 1 is 0.889 bits per heavy atom. The van der Waals surface area contributed by atoms with E-state index in [2.05, 4.69) is 21.4 Å². The average molecular weight is 486 g/mol. The number of carbonyl (C=O) groups is 1. The predicted molar refractivity (Wildman–Crippen MR) is 140 cm³/mol. The molecule has 7 nitrogen and oxygen atoms in total. The van der Waals surface area contributed by atoms with Crippen LogP contribution < -0.4 is 10.1 Å². The van der Waals surface area contributed by atoms with E-state index in [0.717, 1.165) is 27.5 Å². The van der Waals surface area contributed by atoms with Gasteiger partial charge in [-0.3, -0.25) is 9.97 Å². The number of hydrogen-bond donors (Lipinski definition) is 1. The molecule has 0 aliphatic carbocycles. The normalized spacial score (nSPS) is 12.2. The van der Waals surface area contributed by atoms with Gasteiger partial charge in [0.05, 0.1) is 25.5 Å². The molecule has 0 spiro atoms. The molecule has 1 unspecified atom stereocenters. The summed E-state index contributed by atoms with van der Waals surface area (Å²) >= 11 is 0. The van der Waals surface area contributed by atoms with Crippen LogP contribution in [0, 0.1) is 0 Å². The molecule has 0 aliphatic rings. The lowest BCUT2D eigenvalue weighted by Crippen LogP contribution is -2.44. The SMILES string of the molecule is CC(C)(C)OC(=O)NC(COCc1ccccc1)COc1cncc(-c2ccc3cnccc3c2)c1. The third kappa shape index (κ3) is 7.52. The highest BCUT2D eigenvalue weighted by molar-refractivity contribution is 5.86. The third-order valence-corrected chi connectivity index (χ3v) is 5.29. The number of nitrogens with zero attached hydrogens (tertiary/aromatic N) is 2. The lowest BCUT2D eigenvalue weighted by atomic mass is 10.0. The molecule has 4 aromatic rings. The maximum atomic E-state index is 12.4. The van der Waals surface area contributed by atoms with E-state index in [-0.39, 0.29) is 13.2 Å². The number of alkyl carbamates (subject to hydrolysis) is 1. The second-order valence-electron chi connectivity index (χ2n) is 9.50. The van der Waals surface area contributed by atoms with Gasteiger partial charge in [-0.25, -0.2) is 4.79 Å². The summed E-state index contributed by atoms with van der Waals surface area (Å²) in [6.45, 7) is 6.36. The van der Waals surface area contributed by atoms with E-state index in [1.807, 2.05) is 81.6 Å². The Morgan fingerprint density at radius 2 is 1.72 bits per heavy atom. The van der Waals surface area contributed by atoms with Crippen molar-refractivity contribution in [3.05, 3.63) is 91.0 Å². The molecule has 0 saturated carbocycles. The zero-order valence-electron chi connectivity index (χ0n) is 20.8. The molecule has 7 heteroatoms. The number of amides is 1. The zero-order chi connectivity index (χ0) is 25.4. The van der Waals surface area contributed by atoms with E-state index in [1.54, 1.807) is 18.6 Å². The van der Waals surface area contributed by atoms with Crippen LogP contribution in [0.2, 0.25) is 0 Å². The summed E-state index contributed by atoms with van der Waals surface area (Å²) in [4.78, 5) is 20.9. The predicted octanol–water partition coefficient (Wildman–Crippen LogP) is 5.79. The van der Waals surface area contributed by atoms with Crippen LogP contribution in [0.1, 0.15) is 26.3 Å². The van der Waals surface area contributed by atoms with Gasteiger partial charge in [-0.1, -0.05) is 42.5 Å². The summed E-state index contributed by atoms with van der Waals surface area (Å²) in [6.07, 6.45) is 6.56. The Balaban J connectivity index is 1.42. The van der Waals surface area contributed by atoms with Gasteiger partial charge in [-0.05, 0) is 55.5 Å². The molecule has 36 heavy (non-hydrogen) atoms. The minimum atomic E-state index is -0.603. The van der Waals surface area contributed by atoms with Crippen molar-refractivity contribution in [2.75, 3.05) is 13.2 Å². The molecule has 1 N–H and O–H groups in total. The Kier molecular flexibility index (Phi) is 8.13. The van der Waals surface area contributed by atoms with Crippen molar-refractivity contribution < 1.29 is 19.0 Å². The fourth-order valence-corrected chi connectivity index (χ4v) is 3.61. The fraction of sp³-hybridized carbons (Fsp3) is 0.276. The molecule has 186 valence electrons. The van der Waals surface area contributed by atoms with E-state index in [1.165, 1.54) is 0 Å². The van der Waals surface area contributed by atoms with Gasteiger partial charge in [0.1, 0.15) is 18.0 Å². The number of rotatable bonds is 9. The highest BCUT2D eigenvalue weighted by atomic mass is 16.6. The number of hydrogen-bond acceptors (Lipinski definition) is 6. The largest absolute Gasteiger partial charge is 0.490 e. The Morgan fingerprint density at radius 3 is 2.53 bits per heavy atom. The van der Waals surface area contributed by atoms with Crippen molar-refractivity contribution in [3.8, 4) is 16.9 Å². The summed E-state index contributed by atoms with van der Waals surface area (Å²) < 4.78 is 17.3. The highest BCUT2D eigenvalue weighted by Crippen LogP contribution is 2.26. The minimum absolute atomic E-state index is 0.197. The van der Waals surface area contributed by atoms with Crippen molar-refractivity contribution in [3.63, 3.8) is 0 Å². The van der Waals surface area contributed by atoms with Crippen LogP contribution in [0.25, 0.3) is 21.9 Å². The molecule has 0 aliphatic heterocycles. The topological polar surface area (TPSA) is 82.6 Å². The van der Waals surface area contributed by atoms with Crippen LogP contribution in [0.15, 0.2) is 85.5 Å². The van der Waals surface area contributed by atoms with Crippen LogP contribution in [-0.4, -0.2) is 40.9 Å². The van der Waals surface area contributed by atoms with Crippen LogP contribution in [-0.2, 0) is 16.1 Å². The second-order valence-corrected chi connectivity index (χ2v) is 9.50. The van der Waals surface area contributed by atoms with Gasteiger partial charge < -0.3 is 19.5 Å². The number of nitrogens with one attached hydrogen (secondary N) is 1. The molecule has 0 saturated heterocycles. The third-order valence-electron chi connectivity index (χ3n) is 5.29. The zero-order valence-corrected chi connectivity index (χ0v) is 20.8. The number of fused-ring (bicyclic) bond motifs is 1. The van der Waals surface area contributed by atoms with E-state index in [9.17, 15) is 4.79 Å². The first-order chi connectivity index (χ1) is 17.4. The molecule has 1 atom stereocenters. The molecule has 0 radical (unpaired) electrons. The number of pyridine rings is 2. The molecule has 2 heterocycles. The van der Waals surface area contributed by atoms with Gasteiger partial charge in [0, 0.05) is 29.5 Å². The maximum Gasteiger partial charge on any atom is 0.408 e. The average Bonchev–Trinajstić information content (AvgIpc) is 2.86. The smallest absolute Gasteiger partial charge is 0.408 e. The summed E-state index contributed by atoms with van der Waals surface area (Å²) in [6, 6.07) is 19.5. The van der Waals surface area contributed by atoms with Gasteiger partial charge in [0.25, 0.3) is 0 Å². The summed E-state index contributed by atoms with van der Waals surface area (Å²) in [5.41, 5.74) is 2.41. The summed E-state index contributed by atoms with van der Waals surface area (Å²) in [7, 11) is 0. The van der Waals surface area contributed by atoms with Gasteiger partial charge in [0.15, 0.2) is 0 Å². The van der Waals surface area contributed by atoms with Gasteiger partial charge in [0.2, 0.25) is 0 Å². The molecule has 1 amide bonds. The monoisotopic (exact) mass is 485 g/mol. The van der Waals surface area contributed by atoms with Crippen LogP contribution >= 0.6 is 0 Å². The standard InChI is InChI=1S/C29H31N3O4/c1-29(2,3)36-28(33)32-26(19-34-18-21-7-5-4-6-8-21)20-35-27-14-25(16-31-17-27)22-9-10-24-15-30-12-11-23(24)13-22/h4-17,26H,18-20H2,1-3H3,(H,32,33).